The molecule has 124 valence electrons. The van der Waals surface area contributed by atoms with Crippen molar-refractivity contribution in [3.63, 3.8) is 0 Å². The van der Waals surface area contributed by atoms with Crippen molar-refractivity contribution in [2.75, 3.05) is 0 Å². The first-order valence-corrected chi connectivity index (χ1v) is 8.85. The normalized spacial score (nSPS) is 12.5. The molecule has 0 spiro atoms. The van der Waals surface area contributed by atoms with Crippen molar-refractivity contribution in [3.8, 4) is 0 Å². The van der Waals surface area contributed by atoms with Crippen LogP contribution < -0.4 is 10.9 Å². The Labute approximate surface area is 147 Å². The van der Waals surface area contributed by atoms with Crippen LogP contribution >= 0.6 is 23.6 Å². The lowest BCUT2D eigenvalue weighted by Crippen LogP contribution is -2.31. The number of aromatic amines is 2. The molecule has 0 saturated carbocycles. The minimum Gasteiger partial charge on any atom is -0.344 e. The van der Waals surface area contributed by atoms with Gasteiger partial charge in [-0.15, -0.1) is 11.3 Å². The molecule has 0 radical (unpaired) electrons. The summed E-state index contributed by atoms with van der Waals surface area (Å²) in [6.45, 7) is 4.14. The molecule has 0 aliphatic carbocycles. The van der Waals surface area contributed by atoms with E-state index in [1.807, 2.05) is 17.5 Å². The molecule has 0 fully saturated rings. The van der Waals surface area contributed by atoms with E-state index in [2.05, 4.69) is 29.1 Å². The van der Waals surface area contributed by atoms with Gasteiger partial charge in [0.2, 0.25) is 0 Å². The van der Waals surface area contributed by atoms with Gasteiger partial charge >= 0.3 is 0 Å². The van der Waals surface area contributed by atoms with Crippen LogP contribution in [0.1, 0.15) is 35.1 Å². The van der Waals surface area contributed by atoms with E-state index in [1.165, 1.54) is 0 Å². The largest absolute Gasteiger partial charge is 0.344 e. The molecule has 3 aromatic rings. The molecule has 0 aliphatic rings. The van der Waals surface area contributed by atoms with Gasteiger partial charge in [-0.25, -0.2) is 0 Å². The van der Waals surface area contributed by atoms with Crippen LogP contribution in [-0.2, 0) is 0 Å². The van der Waals surface area contributed by atoms with E-state index >= 15 is 0 Å². The summed E-state index contributed by atoms with van der Waals surface area (Å²) in [6, 6.07) is 8.88. The summed E-state index contributed by atoms with van der Waals surface area (Å²) in [5, 5.41) is 5.55. The number of carbonyl (C=O) groups is 1. The molecule has 1 aromatic carbocycles. The van der Waals surface area contributed by atoms with E-state index in [0.29, 0.717) is 16.5 Å². The number of nitrogens with one attached hydrogen (secondary N) is 3. The highest BCUT2D eigenvalue weighted by Crippen LogP contribution is 2.26. The number of fused-ring (bicyclic) bond motifs is 1. The molecule has 2 heterocycles. The molecule has 1 unspecified atom stereocenters. The van der Waals surface area contributed by atoms with Gasteiger partial charge in [0.15, 0.2) is 4.77 Å². The number of carbonyl (C=O) groups excluding carboxylic acids is 1. The van der Waals surface area contributed by atoms with Gasteiger partial charge in [-0.1, -0.05) is 19.9 Å². The van der Waals surface area contributed by atoms with E-state index in [0.717, 1.165) is 4.88 Å². The van der Waals surface area contributed by atoms with Crippen LogP contribution in [-0.4, -0.2) is 15.9 Å². The zero-order valence-corrected chi connectivity index (χ0v) is 14.9. The summed E-state index contributed by atoms with van der Waals surface area (Å²) in [5.41, 5.74) is 0.772. The molecule has 1 atom stereocenters. The summed E-state index contributed by atoms with van der Waals surface area (Å²) < 4.78 is 0.240. The van der Waals surface area contributed by atoms with Crippen LogP contribution in [0.4, 0.5) is 0 Å². The molecular weight excluding hydrogens is 342 g/mol. The number of amides is 1. The molecule has 0 bridgehead atoms. The van der Waals surface area contributed by atoms with E-state index in [4.69, 9.17) is 12.2 Å². The summed E-state index contributed by atoms with van der Waals surface area (Å²) >= 11 is 6.61. The van der Waals surface area contributed by atoms with Gasteiger partial charge < -0.3 is 10.3 Å². The Kier molecular flexibility index (Phi) is 4.64. The number of hydrogen-bond donors (Lipinski definition) is 3. The van der Waals surface area contributed by atoms with Gasteiger partial charge in [-0.05, 0) is 47.8 Å². The van der Waals surface area contributed by atoms with Crippen LogP contribution in [0.15, 0.2) is 40.5 Å². The Balaban J connectivity index is 1.93. The zero-order valence-electron chi connectivity index (χ0n) is 13.3. The Hall–Kier alpha value is -2.25. The van der Waals surface area contributed by atoms with E-state index < -0.39 is 0 Å². The van der Waals surface area contributed by atoms with E-state index in [-0.39, 0.29) is 28.2 Å². The molecule has 7 heteroatoms. The lowest BCUT2D eigenvalue weighted by Gasteiger charge is -2.21. The second-order valence-corrected chi connectivity index (χ2v) is 7.27. The maximum atomic E-state index is 12.6. The smallest absolute Gasteiger partial charge is 0.259 e. The van der Waals surface area contributed by atoms with Crippen LogP contribution in [0.2, 0.25) is 0 Å². The zero-order chi connectivity index (χ0) is 17.3. The first-order chi connectivity index (χ1) is 11.5. The average molecular weight is 359 g/mol. The number of H-pyrrole nitrogens is 2. The molecule has 0 aliphatic heterocycles. The standard InChI is InChI=1S/C17H17N3O2S2/c1-9(2)14(13-4-3-7-24-13)19-15(21)10-5-6-11-12(8-10)18-17(23)20-16(11)22/h3-9,14H,1-2H3,(H,19,21)(H2,18,20,22,23). The summed E-state index contributed by atoms with van der Waals surface area (Å²) in [5.74, 6) is 0.0882. The number of thiophene rings is 1. The quantitative estimate of drug-likeness (QED) is 0.621. The Bertz CT molecular complexity index is 987. The monoisotopic (exact) mass is 359 g/mol. The Morgan fingerprint density at radius 3 is 2.71 bits per heavy atom. The summed E-state index contributed by atoms with van der Waals surface area (Å²) in [7, 11) is 0. The second-order valence-electron chi connectivity index (χ2n) is 5.88. The Morgan fingerprint density at radius 2 is 2.04 bits per heavy atom. The van der Waals surface area contributed by atoms with E-state index in [1.54, 1.807) is 29.5 Å². The maximum Gasteiger partial charge on any atom is 0.259 e. The molecule has 0 saturated heterocycles. The van der Waals surface area contributed by atoms with Crippen molar-refractivity contribution < 1.29 is 4.79 Å². The predicted molar refractivity (Wildman–Crippen MR) is 99.1 cm³/mol. The topological polar surface area (TPSA) is 77.8 Å². The summed E-state index contributed by atoms with van der Waals surface area (Å²) in [6.07, 6.45) is 0. The van der Waals surface area contributed by atoms with Crippen molar-refractivity contribution in [2.24, 2.45) is 5.92 Å². The fourth-order valence-corrected chi connectivity index (χ4v) is 3.72. The molecule has 5 nitrogen and oxygen atoms in total. The first-order valence-electron chi connectivity index (χ1n) is 7.56. The highest BCUT2D eigenvalue weighted by molar-refractivity contribution is 7.71. The third-order valence-electron chi connectivity index (χ3n) is 3.80. The third-order valence-corrected chi connectivity index (χ3v) is 4.96. The fourth-order valence-electron chi connectivity index (χ4n) is 2.57. The number of rotatable bonds is 4. The maximum absolute atomic E-state index is 12.6. The number of hydrogen-bond acceptors (Lipinski definition) is 4. The van der Waals surface area contributed by atoms with Crippen LogP contribution in [0.5, 0.6) is 0 Å². The predicted octanol–water partition coefficient (Wildman–Crippen LogP) is 3.77. The van der Waals surface area contributed by atoms with Crippen LogP contribution in [0.3, 0.4) is 0 Å². The third kappa shape index (κ3) is 3.32. The van der Waals surface area contributed by atoms with Gasteiger partial charge in [0.05, 0.1) is 16.9 Å². The van der Waals surface area contributed by atoms with Crippen molar-refractivity contribution in [3.05, 3.63) is 61.3 Å². The molecular formula is C17H17N3O2S2. The van der Waals surface area contributed by atoms with Gasteiger partial charge in [0, 0.05) is 10.4 Å². The van der Waals surface area contributed by atoms with Gasteiger partial charge in [0.25, 0.3) is 11.5 Å². The number of aromatic nitrogens is 2. The molecule has 3 rings (SSSR count). The van der Waals surface area contributed by atoms with Crippen LogP contribution in [0.25, 0.3) is 10.9 Å². The summed E-state index contributed by atoms with van der Waals surface area (Å²) in [4.78, 5) is 31.1. The number of benzene rings is 1. The highest BCUT2D eigenvalue weighted by Gasteiger charge is 2.20. The molecule has 2 aromatic heterocycles. The molecule has 1 amide bonds. The lowest BCUT2D eigenvalue weighted by molar-refractivity contribution is 0.0926. The van der Waals surface area contributed by atoms with Crippen LogP contribution in [0, 0.1) is 10.7 Å². The minimum atomic E-state index is -0.264. The van der Waals surface area contributed by atoms with E-state index in [9.17, 15) is 9.59 Å². The van der Waals surface area contributed by atoms with Crippen molar-refractivity contribution in [1.82, 2.24) is 15.3 Å². The Morgan fingerprint density at radius 1 is 1.25 bits per heavy atom. The van der Waals surface area contributed by atoms with Gasteiger partial charge in [-0.2, -0.15) is 0 Å². The minimum absolute atomic E-state index is 0.0501. The van der Waals surface area contributed by atoms with Gasteiger partial charge in [0.1, 0.15) is 0 Å². The van der Waals surface area contributed by atoms with Crippen molar-refractivity contribution in [1.29, 1.82) is 0 Å². The molecule has 24 heavy (non-hydrogen) atoms. The second kappa shape index (κ2) is 6.70. The lowest BCUT2D eigenvalue weighted by atomic mass is 10.0. The highest BCUT2D eigenvalue weighted by atomic mass is 32.1. The SMILES string of the molecule is CC(C)C(NC(=O)c1ccc2c(=O)[nH]c(=S)[nH]c2c1)c1cccs1. The first kappa shape index (κ1) is 16.6. The van der Waals surface area contributed by atoms with Crippen molar-refractivity contribution >= 4 is 40.4 Å². The van der Waals surface area contributed by atoms with Gasteiger partial charge in [-0.3, -0.25) is 14.6 Å². The average Bonchev–Trinajstić information content (AvgIpc) is 3.05. The van der Waals surface area contributed by atoms with Crippen molar-refractivity contribution in [2.45, 2.75) is 19.9 Å². The molecule has 3 N–H and O–H groups in total. The fraction of sp³-hybridized carbons (Fsp3) is 0.235.